The minimum atomic E-state index is 0.138. The van der Waals surface area contributed by atoms with Crippen LogP contribution in [-0.4, -0.2) is 25.2 Å². The zero-order valence-corrected chi connectivity index (χ0v) is 13.4. The lowest BCUT2D eigenvalue weighted by Crippen LogP contribution is -2.45. The van der Waals surface area contributed by atoms with Crippen molar-refractivity contribution in [3.63, 3.8) is 0 Å². The Bertz CT molecular complexity index is 414. The molecule has 0 atom stereocenters. The molecule has 3 rings (SSSR count). The van der Waals surface area contributed by atoms with Crippen molar-refractivity contribution >= 4 is 11.3 Å². The standard InChI is InChI=1S/C16H26N2OS/c1-19-12-11-17-16(9-5-2-6-10-16)15-18-13-7-3-4-8-14(13)20-15/h17H,2-12H2,1H3. The third kappa shape index (κ3) is 2.92. The highest BCUT2D eigenvalue weighted by molar-refractivity contribution is 7.11. The first kappa shape index (κ1) is 14.5. The third-order valence-electron chi connectivity index (χ3n) is 4.73. The molecule has 0 saturated heterocycles. The lowest BCUT2D eigenvalue weighted by Gasteiger charge is -2.36. The molecule has 0 radical (unpaired) electrons. The van der Waals surface area contributed by atoms with E-state index in [9.17, 15) is 0 Å². The highest BCUT2D eigenvalue weighted by atomic mass is 32.1. The molecule has 3 nitrogen and oxygen atoms in total. The molecule has 1 heterocycles. The number of methoxy groups -OCH3 is 1. The fourth-order valence-corrected chi connectivity index (χ4v) is 4.94. The molecule has 1 N–H and O–H groups in total. The predicted octanol–water partition coefficient (Wildman–Crippen LogP) is 3.42. The molecule has 0 spiro atoms. The zero-order valence-electron chi connectivity index (χ0n) is 12.5. The Morgan fingerprint density at radius 3 is 2.70 bits per heavy atom. The van der Waals surface area contributed by atoms with E-state index in [-0.39, 0.29) is 5.54 Å². The van der Waals surface area contributed by atoms with Crippen LogP contribution in [0.1, 0.15) is 60.5 Å². The Kier molecular flexibility index (Phi) is 4.74. The Balaban J connectivity index is 1.82. The summed E-state index contributed by atoms with van der Waals surface area (Å²) in [5.74, 6) is 0. The summed E-state index contributed by atoms with van der Waals surface area (Å²) in [6.07, 6.45) is 11.6. The molecule has 0 amide bonds. The Morgan fingerprint density at radius 1 is 1.15 bits per heavy atom. The molecule has 112 valence electrons. The van der Waals surface area contributed by atoms with E-state index in [1.165, 1.54) is 68.5 Å². The van der Waals surface area contributed by atoms with Crippen LogP contribution in [0.25, 0.3) is 0 Å². The number of aromatic nitrogens is 1. The maximum atomic E-state index is 5.22. The quantitative estimate of drug-likeness (QED) is 0.845. The Morgan fingerprint density at radius 2 is 1.95 bits per heavy atom. The monoisotopic (exact) mass is 294 g/mol. The van der Waals surface area contributed by atoms with Crippen molar-refractivity contribution in [3.05, 3.63) is 15.6 Å². The van der Waals surface area contributed by atoms with Gasteiger partial charge in [0, 0.05) is 18.5 Å². The van der Waals surface area contributed by atoms with E-state index in [0.29, 0.717) is 0 Å². The summed E-state index contributed by atoms with van der Waals surface area (Å²) in [6, 6.07) is 0. The van der Waals surface area contributed by atoms with Crippen LogP contribution in [0.4, 0.5) is 0 Å². The lowest BCUT2D eigenvalue weighted by molar-refractivity contribution is 0.166. The molecule has 2 aliphatic carbocycles. The second-order valence-electron chi connectivity index (χ2n) is 6.16. The number of nitrogens with zero attached hydrogens (tertiary/aromatic N) is 1. The normalized spacial score (nSPS) is 21.6. The van der Waals surface area contributed by atoms with Gasteiger partial charge in [0.05, 0.1) is 17.8 Å². The topological polar surface area (TPSA) is 34.1 Å². The van der Waals surface area contributed by atoms with Gasteiger partial charge in [0.1, 0.15) is 5.01 Å². The number of thiazole rings is 1. The molecule has 20 heavy (non-hydrogen) atoms. The van der Waals surface area contributed by atoms with Crippen molar-refractivity contribution in [2.75, 3.05) is 20.3 Å². The van der Waals surface area contributed by atoms with Gasteiger partial charge in [-0.25, -0.2) is 4.98 Å². The van der Waals surface area contributed by atoms with Gasteiger partial charge in [-0.1, -0.05) is 19.3 Å². The van der Waals surface area contributed by atoms with Gasteiger partial charge < -0.3 is 10.1 Å². The summed E-state index contributed by atoms with van der Waals surface area (Å²) < 4.78 is 5.22. The minimum Gasteiger partial charge on any atom is -0.383 e. The van der Waals surface area contributed by atoms with Gasteiger partial charge >= 0.3 is 0 Å². The smallest absolute Gasteiger partial charge is 0.113 e. The van der Waals surface area contributed by atoms with E-state index >= 15 is 0 Å². The molecule has 0 bridgehead atoms. The Hall–Kier alpha value is -0.450. The van der Waals surface area contributed by atoms with Gasteiger partial charge in [-0.05, 0) is 38.5 Å². The van der Waals surface area contributed by atoms with E-state index < -0.39 is 0 Å². The molecule has 0 aromatic carbocycles. The summed E-state index contributed by atoms with van der Waals surface area (Å²) >= 11 is 1.98. The molecule has 0 unspecified atom stereocenters. The van der Waals surface area contributed by atoms with Crippen molar-refractivity contribution in [2.45, 2.75) is 63.3 Å². The second kappa shape index (κ2) is 6.54. The number of fused-ring (bicyclic) bond motifs is 1. The van der Waals surface area contributed by atoms with Gasteiger partial charge in [0.25, 0.3) is 0 Å². The number of nitrogens with one attached hydrogen (secondary N) is 1. The van der Waals surface area contributed by atoms with Gasteiger partial charge in [-0.2, -0.15) is 0 Å². The number of aryl methyl sites for hydroxylation is 2. The van der Waals surface area contributed by atoms with Gasteiger partial charge in [-0.15, -0.1) is 11.3 Å². The van der Waals surface area contributed by atoms with Crippen LogP contribution < -0.4 is 5.32 Å². The summed E-state index contributed by atoms with van der Waals surface area (Å²) in [5.41, 5.74) is 1.54. The number of rotatable bonds is 5. The molecule has 4 heteroatoms. The molecule has 2 aliphatic rings. The third-order valence-corrected chi connectivity index (χ3v) is 6.09. The molecule has 1 fully saturated rings. The SMILES string of the molecule is COCCNC1(c2nc3c(s2)CCCC3)CCCCC1. The van der Waals surface area contributed by atoms with E-state index in [1.54, 1.807) is 12.0 Å². The number of ether oxygens (including phenoxy) is 1. The number of hydrogen-bond donors (Lipinski definition) is 1. The van der Waals surface area contributed by atoms with Crippen LogP contribution in [0, 0.1) is 0 Å². The molecule has 1 saturated carbocycles. The van der Waals surface area contributed by atoms with Crippen LogP contribution in [0.2, 0.25) is 0 Å². The largest absolute Gasteiger partial charge is 0.383 e. The first-order valence-electron chi connectivity index (χ1n) is 8.07. The number of hydrogen-bond acceptors (Lipinski definition) is 4. The summed E-state index contributed by atoms with van der Waals surface area (Å²) in [6.45, 7) is 1.72. The molecular weight excluding hydrogens is 268 g/mol. The van der Waals surface area contributed by atoms with Crippen molar-refractivity contribution in [2.24, 2.45) is 0 Å². The van der Waals surface area contributed by atoms with Crippen molar-refractivity contribution < 1.29 is 4.74 Å². The van der Waals surface area contributed by atoms with Gasteiger partial charge in [0.15, 0.2) is 0 Å². The van der Waals surface area contributed by atoms with Crippen LogP contribution in [0.3, 0.4) is 0 Å². The van der Waals surface area contributed by atoms with Crippen molar-refractivity contribution in [1.82, 2.24) is 10.3 Å². The van der Waals surface area contributed by atoms with Crippen LogP contribution >= 0.6 is 11.3 Å². The molecule has 0 aliphatic heterocycles. The maximum absolute atomic E-state index is 5.22. The minimum absolute atomic E-state index is 0.138. The highest BCUT2D eigenvalue weighted by Crippen LogP contribution is 2.41. The van der Waals surface area contributed by atoms with Gasteiger partial charge in [0.2, 0.25) is 0 Å². The fourth-order valence-electron chi connectivity index (χ4n) is 3.57. The van der Waals surface area contributed by atoms with E-state index in [2.05, 4.69) is 5.32 Å². The van der Waals surface area contributed by atoms with E-state index in [1.807, 2.05) is 11.3 Å². The average molecular weight is 294 g/mol. The average Bonchev–Trinajstić information content (AvgIpc) is 2.93. The van der Waals surface area contributed by atoms with Crippen LogP contribution in [-0.2, 0) is 23.1 Å². The maximum Gasteiger partial charge on any atom is 0.113 e. The summed E-state index contributed by atoms with van der Waals surface area (Å²) in [4.78, 5) is 6.60. The Labute approximate surface area is 126 Å². The summed E-state index contributed by atoms with van der Waals surface area (Å²) in [7, 11) is 1.78. The first-order chi connectivity index (χ1) is 9.84. The second-order valence-corrected chi connectivity index (χ2v) is 7.24. The fraction of sp³-hybridized carbons (Fsp3) is 0.812. The van der Waals surface area contributed by atoms with Crippen LogP contribution in [0.15, 0.2) is 0 Å². The van der Waals surface area contributed by atoms with Crippen molar-refractivity contribution in [3.8, 4) is 0 Å². The first-order valence-corrected chi connectivity index (χ1v) is 8.89. The predicted molar refractivity (Wildman–Crippen MR) is 83.4 cm³/mol. The van der Waals surface area contributed by atoms with E-state index in [4.69, 9.17) is 9.72 Å². The summed E-state index contributed by atoms with van der Waals surface area (Å²) in [5, 5.41) is 5.15. The van der Waals surface area contributed by atoms with Gasteiger partial charge in [-0.3, -0.25) is 0 Å². The van der Waals surface area contributed by atoms with Crippen molar-refractivity contribution in [1.29, 1.82) is 0 Å². The molecule has 1 aromatic rings. The van der Waals surface area contributed by atoms with Crippen LogP contribution in [0.5, 0.6) is 0 Å². The molecule has 1 aromatic heterocycles. The lowest BCUT2D eigenvalue weighted by atomic mass is 9.82. The molecular formula is C16H26N2OS. The zero-order chi connectivity index (χ0) is 13.8. The highest BCUT2D eigenvalue weighted by Gasteiger charge is 2.37. The van der Waals surface area contributed by atoms with E-state index in [0.717, 1.165) is 13.2 Å².